The standard InChI is InChI=1S/C25H30N2O2/c1-18-10-5-6-11-19(18)12-9-15-25-16-17-27(23(28)29-24(2,3)4)22(25)26-21-14-8-7-13-20(21)25/h5-14,22,26H,15-17H2,1-4H3/b12-9+/t22-,25-/m0/s1. The van der Waals surface area contributed by atoms with Gasteiger partial charge in [-0.3, -0.25) is 4.90 Å². The van der Waals surface area contributed by atoms with Crippen molar-refractivity contribution < 1.29 is 9.53 Å². The summed E-state index contributed by atoms with van der Waals surface area (Å²) in [6.07, 6.45) is 5.92. The van der Waals surface area contributed by atoms with Gasteiger partial charge in [-0.15, -0.1) is 0 Å². The van der Waals surface area contributed by atoms with Gasteiger partial charge in [0.15, 0.2) is 0 Å². The Balaban J connectivity index is 1.63. The van der Waals surface area contributed by atoms with Crippen LogP contribution in [0.4, 0.5) is 10.5 Å². The number of benzene rings is 2. The van der Waals surface area contributed by atoms with Crippen LogP contribution in [0.5, 0.6) is 0 Å². The van der Waals surface area contributed by atoms with E-state index in [-0.39, 0.29) is 17.7 Å². The molecule has 1 saturated heterocycles. The van der Waals surface area contributed by atoms with Crippen LogP contribution in [0.1, 0.15) is 50.3 Å². The zero-order valence-electron chi connectivity index (χ0n) is 17.7. The monoisotopic (exact) mass is 390 g/mol. The number of hydrogen-bond acceptors (Lipinski definition) is 3. The van der Waals surface area contributed by atoms with Gasteiger partial charge in [0.1, 0.15) is 11.8 Å². The Bertz CT molecular complexity index is 944. The molecule has 2 aliphatic heterocycles. The highest BCUT2D eigenvalue weighted by Gasteiger charge is 2.55. The van der Waals surface area contributed by atoms with E-state index in [0.717, 1.165) is 18.5 Å². The van der Waals surface area contributed by atoms with E-state index in [2.05, 4.69) is 66.9 Å². The first-order valence-corrected chi connectivity index (χ1v) is 10.4. The molecule has 4 rings (SSSR count). The molecule has 2 aromatic carbocycles. The van der Waals surface area contributed by atoms with Gasteiger partial charge >= 0.3 is 6.09 Å². The Labute approximate surface area is 173 Å². The molecule has 0 radical (unpaired) electrons. The summed E-state index contributed by atoms with van der Waals surface area (Å²) >= 11 is 0. The number of likely N-dealkylation sites (tertiary alicyclic amines) is 1. The van der Waals surface area contributed by atoms with Crippen LogP contribution in [0.25, 0.3) is 6.08 Å². The van der Waals surface area contributed by atoms with Gasteiger partial charge in [0.05, 0.1) is 0 Å². The third kappa shape index (κ3) is 3.64. The van der Waals surface area contributed by atoms with Crippen LogP contribution in [0.2, 0.25) is 0 Å². The number of amides is 1. The largest absolute Gasteiger partial charge is 0.444 e. The smallest absolute Gasteiger partial charge is 0.411 e. The molecular weight excluding hydrogens is 360 g/mol. The van der Waals surface area contributed by atoms with Crippen molar-refractivity contribution >= 4 is 17.9 Å². The second-order valence-corrected chi connectivity index (χ2v) is 9.14. The fraction of sp³-hybridized carbons (Fsp3) is 0.400. The van der Waals surface area contributed by atoms with Gasteiger partial charge in [0, 0.05) is 17.6 Å². The fourth-order valence-electron chi connectivity index (χ4n) is 4.58. The molecule has 1 amide bonds. The molecule has 29 heavy (non-hydrogen) atoms. The summed E-state index contributed by atoms with van der Waals surface area (Å²) in [7, 11) is 0. The Kier molecular flexibility index (Phi) is 4.89. The van der Waals surface area contributed by atoms with Crippen molar-refractivity contribution in [3.8, 4) is 0 Å². The lowest BCUT2D eigenvalue weighted by Crippen LogP contribution is -2.47. The van der Waals surface area contributed by atoms with Crippen LogP contribution in [0, 0.1) is 6.92 Å². The van der Waals surface area contributed by atoms with E-state index >= 15 is 0 Å². The molecule has 4 heteroatoms. The number of allylic oxidation sites excluding steroid dienone is 1. The van der Waals surface area contributed by atoms with E-state index in [1.54, 1.807) is 0 Å². The van der Waals surface area contributed by atoms with Gasteiger partial charge in [-0.25, -0.2) is 4.79 Å². The number of anilines is 1. The summed E-state index contributed by atoms with van der Waals surface area (Å²) in [6, 6.07) is 16.8. The number of fused-ring (bicyclic) bond motifs is 3. The predicted molar refractivity (Wildman–Crippen MR) is 118 cm³/mol. The van der Waals surface area contributed by atoms with Gasteiger partial charge in [-0.2, -0.15) is 0 Å². The maximum atomic E-state index is 12.9. The van der Waals surface area contributed by atoms with Gasteiger partial charge < -0.3 is 10.1 Å². The predicted octanol–water partition coefficient (Wildman–Crippen LogP) is 5.73. The number of carbonyl (C=O) groups excluding carboxylic acids is 1. The number of nitrogens with zero attached hydrogens (tertiary/aromatic N) is 1. The van der Waals surface area contributed by atoms with Crippen molar-refractivity contribution in [3.63, 3.8) is 0 Å². The highest BCUT2D eigenvalue weighted by molar-refractivity contribution is 5.73. The van der Waals surface area contributed by atoms with Crippen LogP contribution in [0.3, 0.4) is 0 Å². The number of para-hydroxylation sites is 1. The zero-order valence-corrected chi connectivity index (χ0v) is 17.7. The summed E-state index contributed by atoms with van der Waals surface area (Å²) in [5, 5.41) is 3.61. The first-order chi connectivity index (χ1) is 13.8. The topological polar surface area (TPSA) is 41.6 Å². The molecule has 2 atom stereocenters. The quantitative estimate of drug-likeness (QED) is 0.728. The number of rotatable bonds is 3. The molecule has 0 spiro atoms. The first-order valence-electron chi connectivity index (χ1n) is 10.4. The Morgan fingerprint density at radius 1 is 1.21 bits per heavy atom. The summed E-state index contributed by atoms with van der Waals surface area (Å²) in [4.78, 5) is 14.8. The molecule has 0 aliphatic carbocycles. The summed E-state index contributed by atoms with van der Waals surface area (Å²) in [6.45, 7) is 8.56. The van der Waals surface area contributed by atoms with Crippen LogP contribution in [-0.2, 0) is 10.2 Å². The molecule has 0 aromatic heterocycles. The van der Waals surface area contributed by atoms with E-state index in [0.29, 0.717) is 6.54 Å². The summed E-state index contributed by atoms with van der Waals surface area (Å²) < 4.78 is 5.69. The minimum atomic E-state index is -0.501. The molecule has 4 nitrogen and oxygen atoms in total. The lowest BCUT2D eigenvalue weighted by Gasteiger charge is -2.33. The van der Waals surface area contributed by atoms with E-state index in [1.165, 1.54) is 16.7 Å². The lowest BCUT2D eigenvalue weighted by molar-refractivity contribution is 0.0226. The number of aryl methyl sites for hydroxylation is 1. The second-order valence-electron chi connectivity index (χ2n) is 9.14. The zero-order chi connectivity index (χ0) is 20.6. The molecule has 1 fully saturated rings. The Morgan fingerprint density at radius 3 is 2.69 bits per heavy atom. The molecule has 0 unspecified atom stereocenters. The molecule has 152 valence electrons. The van der Waals surface area contributed by atoms with E-state index in [9.17, 15) is 4.79 Å². The van der Waals surface area contributed by atoms with E-state index in [1.807, 2.05) is 31.7 Å². The van der Waals surface area contributed by atoms with E-state index < -0.39 is 5.60 Å². The molecule has 1 N–H and O–H groups in total. The summed E-state index contributed by atoms with van der Waals surface area (Å²) in [5.74, 6) is 0. The Hall–Kier alpha value is -2.75. The third-order valence-corrected chi connectivity index (χ3v) is 5.99. The van der Waals surface area contributed by atoms with Crippen molar-refractivity contribution in [2.24, 2.45) is 0 Å². The van der Waals surface area contributed by atoms with Crippen LogP contribution >= 0.6 is 0 Å². The van der Waals surface area contributed by atoms with Crippen LogP contribution < -0.4 is 5.32 Å². The van der Waals surface area contributed by atoms with Crippen molar-refractivity contribution in [1.82, 2.24) is 4.90 Å². The third-order valence-electron chi connectivity index (χ3n) is 5.99. The number of carbonyl (C=O) groups is 1. The maximum absolute atomic E-state index is 12.9. The summed E-state index contributed by atoms with van der Waals surface area (Å²) in [5.41, 5.74) is 4.29. The average molecular weight is 391 g/mol. The molecular formula is C25H30N2O2. The number of ether oxygens (including phenoxy) is 1. The molecule has 2 aliphatic rings. The second kappa shape index (κ2) is 7.25. The average Bonchev–Trinajstić information content (AvgIpc) is 3.16. The minimum Gasteiger partial charge on any atom is -0.444 e. The van der Waals surface area contributed by atoms with Crippen molar-refractivity contribution in [1.29, 1.82) is 0 Å². The fourth-order valence-corrected chi connectivity index (χ4v) is 4.58. The van der Waals surface area contributed by atoms with Crippen molar-refractivity contribution in [2.45, 2.75) is 57.7 Å². The SMILES string of the molecule is Cc1ccccc1/C=C/C[C@@]12CCN(C(=O)OC(C)(C)C)[C@@H]1Nc1ccccc12. The van der Waals surface area contributed by atoms with Gasteiger partial charge in [-0.1, -0.05) is 54.6 Å². The van der Waals surface area contributed by atoms with Gasteiger partial charge in [0.25, 0.3) is 0 Å². The minimum absolute atomic E-state index is 0.0868. The number of nitrogens with one attached hydrogen (secondary N) is 1. The van der Waals surface area contributed by atoms with Crippen molar-refractivity contribution in [3.05, 3.63) is 71.3 Å². The van der Waals surface area contributed by atoms with Gasteiger partial charge in [-0.05, 0) is 63.3 Å². The Morgan fingerprint density at radius 2 is 1.93 bits per heavy atom. The molecule has 2 heterocycles. The van der Waals surface area contributed by atoms with Crippen molar-refractivity contribution in [2.75, 3.05) is 11.9 Å². The lowest BCUT2D eigenvalue weighted by atomic mass is 9.76. The normalized spacial score (nSPS) is 23.0. The van der Waals surface area contributed by atoms with E-state index in [4.69, 9.17) is 4.74 Å². The van der Waals surface area contributed by atoms with Crippen LogP contribution in [-0.4, -0.2) is 29.3 Å². The number of hydrogen-bond donors (Lipinski definition) is 1. The highest BCUT2D eigenvalue weighted by Crippen LogP contribution is 2.51. The molecule has 2 aromatic rings. The first kappa shape index (κ1) is 19.6. The molecule has 0 bridgehead atoms. The maximum Gasteiger partial charge on any atom is 0.411 e. The van der Waals surface area contributed by atoms with Crippen LogP contribution in [0.15, 0.2) is 54.6 Å². The highest BCUT2D eigenvalue weighted by atomic mass is 16.6. The van der Waals surface area contributed by atoms with Gasteiger partial charge in [0.2, 0.25) is 0 Å². The molecule has 0 saturated carbocycles.